The summed E-state index contributed by atoms with van der Waals surface area (Å²) in [6.07, 6.45) is 2.28. The number of thiophene rings is 1. The van der Waals surface area contributed by atoms with Crippen molar-refractivity contribution in [1.29, 1.82) is 0 Å². The Morgan fingerprint density at radius 1 is 1.07 bits per heavy atom. The van der Waals surface area contributed by atoms with E-state index in [1.165, 1.54) is 14.1 Å². The highest BCUT2D eigenvalue weighted by atomic mass is 32.2. The molecule has 0 saturated carbocycles. The Labute approximate surface area is 170 Å². The molecule has 1 N–H and O–H groups in total. The number of nitrogens with zero attached hydrogens (tertiary/aromatic N) is 2. The third kappa shape index (κ3) is 4.00. The van der Waals surface area contributed by atoms with E-state index < -0.39 is 10.0 Å². The van der Waals surface area contributed by atoms with Crippen LogP contribution in [0.2, 0.25) is 0 Å². The van der Waals surface area contributed by atoms with E-state index in [9.17, 15) is 13.2 Å². The molecule has 2 fully saturated rings. The number of likely N-dealkylation sites (tertiary alicyclic amines) is 1. The molecule has 4 rings (SSSR count). The van der Waals surface area contributed by atoms with Crippen LogP contribution in [0.5, 0.6) is 0 Å². The molecular weight excluding hydrogens is 394 g/mol. The highest BCUT2D eigenvalue weighted by molar-refractivity contribution is 7.89. The van der Waals surface area contributed by atoms with Gasteiger partial charge in [0.15, 0.2) is 6.54 Å². The standard InChI is InChI=1S/C20H25N3O3S2/c24-20(16-22-10-4-8-18(22)19-9-5-15-27-19)21-11-13-23(14-12-21)28(25,26)17-6-2-1-3-7-17/h1-3,5-7,9,15,18H,4,8,10-14,16H2/p+1/t18-/m1/s1. The zero-order valence-corrected chi connectivity index (χ0v) is 17.4. The van der Waals surface area contributed by atoms with E-state index in [2.05, 4.69) is 17.5 Å². The van der Waals surface area contributed by atoms with E-state index in [1.54, 1.807) is 41.7 Å². The van der Waals surface area contributed by atoms with Crippen molar-refractivity contribution in [3.63, 3.8) is 0 Å². The van der Waals surface area contributed by atoms with Crippen molar-refractivity contribution in [3.8, 4) is 0 Å². The third-order valence-corrected chi connectivity index (χ3v) is 8.62. The summed E-state index contributed by atoms with van der Waals surface area (Å²) < 4.78 is 27.0. The summed E-state index contributed by atoms with van der Waals surface area (Å²) in [6, 6.07) is 13.2. The molecule has 6 nitrogen and oxygen atoms in total. The van der Waals surface area contributed by atoms with Gasteiger partial charge in [-0.1, -0.05) is 24.3 Å². The molecule has 1 aromatic heterocycles. The molecule has 2 aliphatic rings. The monoisotopic (exact) mass is 420 g/mol. The molecule has 1 aromatic carbocycles. The summed E-state index contributed by atoms with van der Waals surface area (Å²) in [7, 11) is -3.48. The fourth-order valence-corrected chi connectivity index (χ4v) is 6.55. The maximum absolute atomic E-state index is 12.8. The third-order valence-electron chi connectivity index (χ3n) is 5.72. The number of rotatable bonds is 5. The second-order valence-corrected chi connectivity index (χ2v) is 10.3. The molecule has 8 heteroatoms. The Morgan fingerprint density at radius 3 is 2.50 bits per heavy atom. The summed E-state index contributed by atoms with van der Waals surface area (Å²) in [5.74, 6) is 0.134. The molecule has 2 saturated heterocycles. The number of nitrogens with one attached hydrogen (secondary N) is 1. The SMILES string of the molecule is O=C(C[NH+]1CCC[C@@H]1c1cccs1)N1CCN(S(=O)(=O)c2ccccc2)CC1. The first-order valence-corrected chi connectivity index (χ1v) is 12.1. The maximum Gasteiger partial charge on any atom is 0.277 e. The van der Waals surface area contributed by atoms with E-state index in [4.69, 9.17) is 0 Å². The summed E-state index contributed by atoms with van der Waals surface area (Å²) >= 11 is 1.77. The number of sulfonamides is 1. The lowest BCUT2D eigenvalue weighted by atomic mass is 10.2. The van der Waals surface area contributed by atoms with Crippen molar-refractivity contribution in [1.82, 2.24) is 9.21 Å². The lowest BCUT2D eigenvalue weighted by molar-refractivity contribution is -0.910. The molecule has 0 bridgehead atoms. The van der Waals surface area contributed by atoms with Crippen LogP contribution >= 0.6 is 11.3 Å². The minimum absolute atomic E-state index is 0.134. The lowest BCUT2D eigenvalue weighted by Crippen LogP contribution is -3.11. The van der Waals surface area contributed by atoms with Gasteiger partial charge in [-0.3, -0.25) is 4.79 Å². The first-order chi connectivity index (χ1) is 13.6. The Kier molecular flexibility index (Phi) is 5.82. The molecule has 1 amide bonds. The topological polar surface area (TPSA) is 62.1 Å². The molecule has 2 atom stereocenters. The van der Waals surface area contributed by atoms with Gasteiger partial charge in [0.2, 0.25) is 10.0 Å². The van der Waals surface area contributed by atoms with Crippen LogP contribution in [0.15, 0.2) is 52.7 Å². The number of hydrogen-bond donors (Lipinski definition) is 1. The fraction of sp³-hybridized carbons (Fsp3) is 0.450. The van der Waals surface area contributed by atoms with Crippen LogP contribution in [-0.4, -0.2) is 62.8 Å². The van der Waals surface area contributed by atoms with Crippen molar-refractivity contribution in [3.05, 3.63) is 52.7 Å². The van der Waals surface area contributed by atoms with Crippen LogP contribution in [0.3, 0.4) is 0 Å². The number of benzene rings is 1. The molecule has 0 aliphatic carbocycles. The summed E-state index contributed by atoms with van der Waals surface area (Å²) in [5, 5.41) is 2.10. The summed E-state index contributed by atoms with van der Waals surface area (Å²) in [5.41, 5.74) is 0. The highest BCUT2D eigenvalue weighted by Gasteiger charge is 2.35. The van der Waals surface area contributed by atoms with Crippen LogP contribution in [0.25, 0.3) is 0 Å². The molecule has 0 radical (unpaired) electrons. The number of piperazine rings is 1. The van der Waals surface area contributed by atoms with Crippen molar-refractivity contribution in [2.24, 2.45) is 0 Å². The van der Waals surface area contributed by atoms with Gasteiger partial charge in [0.1, 0.15) is 6.04 Å². The van der Waals surface area contributed by atoms with E-state index in [-0.39, 0.29) is 5.91 Å². The van der Waals surface area contributed by atoms with E-state index in [0.717, 1.165) is 19.4 Å². The van der Waals surface area contributed by atoms with Gasteiger partial charge in [-0.05, 0) is 23.6 Å². The summed E-state index contributed by atoms with van der Waals surface area (Å²) in [6.45, 7) is 3.15. The normalized spacial score (nSPS) is 23.8. The number of quaternary nitrogens is 1. The number of hydrogen-bond acceptors (Lipinski definition) is 4. The lowest BCUT2D eigenvalue weighted by Gasteiger charge is -2.34. The maximum atomic E-state index is 12.8. The number of carbonyl (C=O) groups is 1. The second-order valence-electron chi connectivity index (χ2n) is 7.39. The minimum atomic E-state index is -3.48. The molecule has 1 unspecified atom stereocenters. The summed E-state index contributed by atoms with van der Waals surface area (Å²) in [4.78, 5) is 17.7. The molecule has 3 heterocycles. The van der Waals surface area contributed by atoms with Gasteiger partial charge in [-0.15, -0.1) is 11.3 Å². The first-order valence-electron chi connectivity index (χ1n) is 9.76. The number of carbonyl (C=O) groups excluding carboxylic acids is 1. The van der Waals surface area contributed by atoms with Gasteiger partial charge in [-0.2, -0.15) is 4.31 Å². The molecule has 28 heavy (non-hydrogen) atoms. The van der Waals surface area contributed by atoms with Gasteiger partial charge in [-0.25, -0.2) is 8.42 Å². The molecule has 150 valence electrons. The molecular formula is C20H26N3O3S2+. The fourth-order valence-electron chi connectivity index (χ4n) is 4.18. The Bertz CT molecular complexity index is 892. The van der Waals surface area contributed by atoms with Crippen LogP contribution in [0.1, 0.15) is 23.8 Å². The van der Waals surface area contributed by atoms with Gasteiger partial charge in [0.05, 0.1) is 16.3 Å². The van der Waals surface area contributed by atoms with Crippen LogP contribution in [0, 0.1) is 0 Å². The average molecular weight is 421 g/mol. The van der Waals surface area contributed by atoms with E-state index in [0.29, 0.717) is 43.7 Å². The first kappa shape index (κ1) is 19.6. The Balaban J connectivity index is 1.34. The highest BCUT2D eigenvalue weighted by Crippen LogP contribution is 2.23. The van der Waals surface area contributed by atoms with Crippen molar-refractivity contribution >= 4 is 27.3 Å². The zero-order chi connectivity index (χ0) is 19.6. The predicted molar refractivity (Wildman–Crippen MR) is 109 cm³/mol. The van der Waals surface area contributed by atoms with Crippen molar-refractivity contribution < 1.29 is 18.1 Å². The van der Waals surface area contributed by atoms with Crippen LogP contribution in [0.4, 0.5) is 0 Å². The molecule has 2 aromatic rings. The minimum Gasteiger partial charge on any atom is -0.335 e. The Morgan fingerprint density at radius 2 is 1.82 bits per heavy atom. The van der Waals surface area contributed by atoms with Gasteiger partial charge in [0, 0.05) is 39.0 Å². The van der Waals surface area contributed by atoms with Gasteiger partial charge in [0.25, 0.3) is 5.91 Å². The van der Waals surface area contributed by atoms with Crippen molar-refractivity contribution in [2.75, 3.05) is 39.3 Å². The average Bonchev–Trinajstić information content (AvgIpc) is 3.40. The smallest absolute Gasteiger partial charge is 0.277 e. The number of amides is 1. The molecule has 0 spiro atoms. The van der Waals surface area contributed by atoms with Crippen LogP contribution < -0.4 is 4.90 Å². The Hall–Kier alpha value is -1.74. The van der Waals surface area contributed by atoms with Crippen LogP contribution in [-0.2, 0) is 14.8 Å². The largest absolute Gasteiger partial charge is 0.335 e. The molecule has 2 aliphatic heterocycles. The van der Waals surface area contributed by atoms with Gasteiger partial charge < -0.3 is 9.80 Å². The zero-order valence-electron chi connectivity index (χ0n) is 15.8. The quantitative estimate of drug-likeness (QED) is 0.785. The van der Waals surface area contributed by atoms with Crippen molar-refractivity contribution in [2.45, 2.75) is 23.8 Å². The van der Waals surface area contributed by atoms with E-state index in [1.807, 2.05) is 4.90 Å². The van der Waals surface area contributed by atoms with Gasteiger partial charge >= 0.3 is 0 Å². The second kappa shape index (κ2) is 8.32. The predicted octanol–water partition coefficient (Wildman–Crippen LogP) is 1.00. The van der Waals surface area contributed by atoms with E-state index >= 15 is 0 Å².